The lowest BCUT2D eigenvalue weighted by Gasteiger charge is -2.15. The Bertz CT molecular complexity index is 731. The third kappa shape index (κ3) is 2.45. The zero-order valence-electron chi connectivity index (χ0n) is 11.0. The molecular weight excluding hydrogens is 272 g/mol. The maximum atomic E-state index is 6.05. The fourth-order valence-electron chi connectivity index (χ4n) is 2.09. The summed E-state index contributed by atoms with van der Waals surface area (Å²) >= 11 is 6.05. The van der Waals surface area contributed by atoms with E-state index < -0.39 is 0 Å². The standard InChI is InChI=1S/C16H13ClN2O/c1-11(12-7-3-2-4-8-12)20-16-14-10-6-5-9-13(14)15(17)18-19-16/h2-11H,1H3. The minimum atomic E-state index is -0.102. The molecule has 1 atom stereocenters. The van der Waals surface area contributed by atoms with Crippen molar-refractivity contribution >= 4 is 22.4 Å². The molecule has 100 valence electrons. The van der Waals surface area contributed by atoms with Gasteiger partial charge in [0.2, 0.25) is 5.88 Å². The van der Waals surface area contributed by atoms with E-state index in [4.69, 9.17) is 16.3 Å². The predicted molar refractivity (Wildman–Crippen MR) is 80.0 cm³/mol. The molecular formula is C16H13ClN2O. The van der Waals surface area contributed by atoms with E-state index >= 15 is 0 Å². The maximum absolute atomic E-state index is 6.05. The Balaban J connectivity index is 1.97. The van der Waals surface area contributed by atoms with E-state index in [1.54, 1.807) is 0 Å². The molecule has 0 N–H and O–H groups in total. The largest absolute Gasteiger partial charge is 0.468 e. The van der Waals surface area contributed by atoms with Crippen molar-refractivity contribution in [2.75, 3.05) is 0 Å². The number of ether oxygens (including phenoxy) is 1. The summed E-state index contributed by atoms with van der Waals surface area (Å²) in [7, 11) is 0. The quantitative estimate of drug-likeness (QED) is 0.714. The Labute approximate surface area is 122 Å². The topological polar surface area (TPSA) is 35.0 Å². The first-order valence-electron chi connectivity index (χ1n) is 6.38. The van der Waals surface area contributed by atoms with Crippen LogP contribution in [0.25, 0.3) is 10.8 Å². The molecule has 0 spiro atoms. The molecule has 3 rings (SSSR count). The number of benzene rings is 2. The van der Waals surface area contributed by atoms with Gasteiger partial charge in [-0.25, -0.2) is 0 Å². The molecule has 0 radical (unpaired) electrons. The van der Waals surface area contributed by atoms with Gasteiger partial charge in [0.1, 0.15) is 6.10 Å². The monoisotopic (exact) mass is 284 g/mol. The van der Waals surface area contributed by atoms with E-state index in [0.717, 1.165) is 16.3 Å². The van der Waals surface area contributed by atoms with Crippen LogP contribution in [-0.2, 0) is 0 Å². The molecule has 3 aromatic rings. The van der Waals surface area contributed by atoms with Crippen molar-refractivity contribution in [3.63, 3.8) is 0 Å². The molecule has 0 aliphatic rings. The molecule has 1 aromatic heterocycles. The molecule has 0 amide bonds. The van der Waals surface area contributed by atoms with Gasteiger partial charge in [-0.15, -0.1) is 10.2 Å². The Hall–Kier alpha value is -2.13. The first-order valence-corrected chi connectivity index (χ1v) is 6.76. The Morgan fingerprint density at radius 1 is 0.900 bits per heavy atom. The van der Waals surface area contributed by atoms with E-state index in [9.17, 15) is 0 Å². The number of aromatic nitrogens is 2. The highest BCUT2D eigenvalue weighted by atomic mass is 35.5. The van der Waals surface area contributed by atoms with Crippen molar-refractivity contribution < 1.29 is 4.74 Å². The van der Waals surface area contributed by atoms with Gasteiger partial charge in [0, 0.05) is 10.8 Å². The van der Waals surface area contributed by atoms with Crippen LogP contribution in [0.3, 0.4) is 0 Å². The van der Waals surface area contributed by atoms with Crippen LogP contribution < -0.4 is 4.74 Å². The second-order valence-electron chi connectivity index (χ2n) is 4.51. The van der Waals surface area contributed by atoms with Crippen LogP contribution in [0.2, 0.25) is 5.15 Å². The van der Waals surface area contributed by atoms with E-state index in [-0.39, 0.29) is 6.10 Å². The van der Waals surface area contributed by atoms with Crippen LogP contribution in [0.5, 0.6) is 5.88 Å². The van der Waals surface area contributed by atoms with Crippen molar-refractivity contribution in [1.82, 2.24) is 10.2 Å². The normalized spacial score (nSPS) is 12.3. The highest BCUT2D eigenvalue weighted by molar-refractivity contribution is 6.34. The van der Waals surface area contributed by atoms with Crippen molar-refractivity contribution in [2.24, 2.45) is 0 Å². The fourth-order valence-corrected chi connectivity index (χ4v) is 2.30. The summed E-state index contributed by atoms with van der Waals surface area (Å²) in [6, 6.07) is 17.7. The summed E-state index contributed by atoms with van der Waals surface area (Å²) in [6.45, 7) is 1.99. The first-order chi connectivity index (χ1) is 9.75. The lowest BCUT2D eigenvalue weighted by molar-refractivity contribution is 0.218. The van der Waals surface area contributed by atoms with E-state index in [1.807, 2.05) is 61.5 Å². The van der Waals surface area contributed by atoms with Crippen LogP contribution in [-0.4, -0.2) is 10.2 Å². The number of nitrogens with zero attached hydrogens (tertiary/aromatic N) is 2. The molecule has 4 heteroatoms. The molecule has 2 aromatic carbocycles. The van der Waals surface area contributed by atoms with E-state index in [1.165, 1.54) is 0 Å². The van der Waals surface area contributed by atoms with E-state index in [2.05, 4.69) is 10.2 Å². The van der Waals surface area contributed by atoms with Gasteiger partial charge in [-0.3, -0.25) is 0 Å². The maximum Gasteiger partial charge on any atom is 0.242 e. The third-order valence-corrected chi connectivity index (χ3v) is 3.44. The highest BCUT2D eigenvalue weighted by Gasteiger charge is 2.12. The third-order valence-electron chi connectivity index (χ3n) is 3.17. The summed E-state index contributed by atoms with van der Waals surface area (Å²) in [5, 5.41) is 10.1. The summed E-state index contributed by atoms with van der Waals surface area (Å²) in [5.74, 6) is 0.501. The van der Waals surface area contributed by atoms with Gasteiger partial charge in [0.05, 0.1) is 0 Å². The van der Waals surface area contributed by atoms with Crippen LogP contribution >= 0.6 is 11.6 Å². The molecule has 0 saturated heterocycles. The van der Waals surface area contributed by atoms with Crippen LogP contribution in [0, 0.1) is 0 Å². The molecule has 1 unspecified atom stereocenters. The smallest absolute Gasteiger partial charge is 0.242 e. The number of rotatable bonds is 3. The van der Waals surface area contributed by atoms with Gasteiger partial charge in [0.15, 0.2) is 5.15 Å². The lowest BCUT2D eigenvalue weighted by Crippen LogP contribution is -2.05. The van der Waals surface area contributed by atoms with Gasteiger partial charge >= 0.3 is 0 Å². The SMILES string of the molecule is CC(Oc1nnc(Cl)c2ccccc12)c1ccccc1. The minimum Gasteiger partial charge on any atom is -0.468 e. The predicted octanol–water partition coefficient (Wildman–Crippen LogP) is 4.42. The average molecular weight is 285 g/mol. The molecule has 1 heterocycles. The van der Waals surface area contributed by atoms with Gasteiger partial charge in [0.25, 0.3) is 0 Å². The lowest BCUT2D eigenvalue weighted by atomic mass is 10.1. The zero-order valence-corrected chi connectivity index (χ0v) is 11.7. The number of hydrogen-bond acceptors (Lipinski definition) is 3. The van der Waals surface area contributed by atoms with Gasteiger partial charge in [-0.1, -0.05) is 60.1 Å². The average Bonchev–Trinajstić information content (AvgIpc) is 2.51. The molecule has 0 bridgehead atoms. The van der Waals surface area contributed by atoms with Gasteiger partial charge < -0.3 is 4.74 Å². The molecule has 0 saturated carbocycles. The Morgan fingerprint density at radius 3 is 2.30 bits per heavy atom. The summed E-state index contributed by atoms with van der Waals surface area (Å²) < 4.78 is 5.94. The minimum absolute atomic E-state index is 0.102. The molecule has 0 aliphatic carbocycles. The molecule has 0 aliphatic heterocycles. The van der Waals surface area contributed by atoms with Gasteiger partial charge in [-0.05, 0) is 18.6 Å². The molecule has 0 fully saturated rings. The zero-order chi connectivity index (χ0) is 13.9. The fraction of sp³-hybridized carbons (Fsp3) is 0.125. The van der Waals surface area contributed by atoms with Crippen LogP contribution in [0.1, 0.15) is 18.6 Å². The number of halogens is 1. The van der Waals surface area contributed by atoms with Crippen LogP contribution in [0.15, 0.2) is 54.6 Å². The first kappa shape index (κ1) is 12.9. The molecule has 3 nitrogen and oxygen atoms in total. The highest BCUT2D eigenvalue weighted by Crippen LogP contribution is 2.30. The van der Waals surface area contributed by atoms with Crippen LogP contribution in [0.4, 0.5) is 0 Å². The Morgan fingerprint density at radius 2 is 1.55 bits per heavy atom. The summed E-state index contributed by atoms with van der Waals surface area (Å²) in [5.41, 5.74) is 1.09. The molecule has 20 heavy (non-hydrogen) atoms. The summed E-state index contributed by atoms with van der Waals surface area (Å²) in [6.07, 6.45) is -0.102. The second kappa shape index (κ2) is 5.47. The van der Waals surface area contributed by atoms with Crippen molar-refractivity contribution in [3.8, 4) is 5.88 Å². The summed E-state index contributed by atoms with van der Waals surface area (Å²) in [4.78, 5) is 0. The van der Waals surface area contributed by atoms with Crippen molar-refractivity contribution in [3.05, 3.63) is 65.3 Å². The van der Waals surface area contributed by atoms with E-state index in [0.29, 0.717) is 11.0 Å². The number of fused-ring (bicyclic) bond motifs is 1. The number of hydrogen-bond donors (Lipinski definition) is 0. The van der Waals surface area contributed by atoms with Gasteiger partial charge in [-0.2, -0.15) is 0 Å². The van der Waals surface area contributed by atoms with Crippen molar-refractivity contribution in [2.45, 2.75) is 13.0 Å². The second-order valence-corrected chi connectivity index (χ2v) is 4.87. The Kier molecular flexibility index (Phi) is 3.52. The van der Waals surface area contributed by atoms with Crippen molar-refractivity contribution in [1.29, 1.82) is 0 Å².